The number of esters is 1. The van der Waals surface area contributed by atoms with Gasteiger partial charge in [-0.2, -0.15) is 0 Å². The number of benzene rings is 2. The van der Waals surface area contributed by atoms with Crippen molar-refractivity contribution in [3.05, 3.63) is 63.1 Å². The highest BCUT2D eigenvalue weighted by atomic mass is 35.5. The van der Waals surface area contributed by atoms with Crippen LogP contribution in [0.3, 0.4) is 0 Å². The number of amides is 2. The first-order chi connectivity index (χ1) is 14.3. The van der Waals surface area contributed by atoms with Gasteiger partial charge in [-0.3, -0.25) is 14.4 Å². The molecule has 1 aliphatic heterocycles. The molecule has 2 aromatic carbocycles. The number of fused-ring (bicyclic) bond motifs is 1. The van der Waals surface area contributed by atoms with Crippen molar-refractivity contribution in [1.82, 2.24) is 4.90 Å². The number of carbonyl (C=O) groups excluding carboxylic acids is 3. The molecule has 1 heterocycles. The van der Waals surface area contributed by atoms with Crippen LogP contribution in [0.15, 0.2) is 36.4 Å². The minimum Gasteiger partial charge on any atom is -0.488 e. The van der Waals surface area contributed by atoms with Crippen LogP contribution in [0, 0.1) is 5.92 Å². The van der Waals surface area contributed by atoms with E-state index in [1.54, 1.807) is 35.2 Å². The zero-order valence-corrected chi connectivity index (χ0v) is 17.7. The van der Waals surface area contributed by atoms with Crippen molar-refractivity contribution in [2.24, 2.45) is 11.7 Å². The Morgan fingerprint density at radius 2 is 1.93 bits per heavy atom. The molecule has 0 bridgehead atoms. The van der Waals surface area contributed by atoms with Crippen LogP contribution in [0.1, 0.15) is 27.9 Å². The minimum absolute atomic E-state index is 0.0794. The Bertz CT molecular complexity index is 995. The van der Waals surface area contributed by atoms with Crippen molar-refractivity contribution in [3.8, 4) is 5.75 Å². The maximum Gasteiger partial charge on any atom is 0.318 e. The summed E-state index contributed by atoms with van der Waals surface area (Å²) in [7, 11) is 1.19. The van der Waals surface area contributed by atoms with E-state index in [0.29, 0.717) is 27.9 Å². The number of hydrogen-bond acceptors (Lipinski definition) is 5. The van der Waals surface area contributed by atoms with Gasteiger partial charge in [0.1, 0.15) is 18.3 Å². The molecule has 0 radical (unpaired) electrons. The van der Waals surface area contributed by atoms with E-state index in [1.165, 1.54) is 7.11 Å². The van der Waals surface area contributed by atoms with Gasteiger partial charge in [0, 0.05) is 23.2 Å². The Morgan fingerprint density at radius 1 is 1.20 bits per heavy atom. The predicted octanol–water partition coefficient (Wildman–Crippen LogP) is 3.19. The van der Waals surface area contributed by atoms with Crippen LogP contribution in [-0.2, 0) is 27.5 Å². The standard InChI is InChI=1S/C21H20Cl2N2O5/c1-29-21(28)14(19(24)26)8-9-25-10-15-13(20(25)27)5-3-7-17(15)30-11-12-4-2-6-16(22)18(12)23/h2-7,14H,8-11H2,1H3,(H2,24,26). The summed E-state index contributed by atoms with van der Waals surface area (Å²) < 4.78 is 10.5. The Balaban J connectivity index is 1.71. The monoisotopic (exact) mass is 450 g/mol. The summed E-state index contributed by atoms with van der Waals surface area (Å²) in [4.78, 5) is 37.5. The Labute approximate surface area is 183 Å². The molecule has 0 aromatic heterocycles. The average Bonchev–Trinajstić information content (AvgIpc) is 3.05. The van der Waals surface area contributed by atoms with Gasteiger partial charge in [0.2, 0.25) is 5.91 Å². The van der Waals surface area contributed by atoms with Crippen LogP contribution in [0.25, 0.3) is 0 Å². The van der Waals surface area contributed by atoms with Gasteiger partial charge in [-0.15, -0.1) is 0 Å². The number of methoxy groups -OCH3 is 1. The van der Waals surface area contributed by atoms with Crippen molar-refractivity contribution in [1.29, 1.82) is 0 Å². The molecule has 0 saturated carbocycles. The minimum atomic E-state index is -1.10. The van der Waals surface area contributed by atoms with Crippen LogP contribution >= 0.6 is 23.2 Å². The molecule has 9 heteroatoms. The Kier molecular flexibility index (Phi) is 6.84. The smallest absolute Gasteiger partial charge is 0.318 e. The summed E-state index contributed by atoms with van der Waals surface area (Å²) in [6, 6.07) is 10.5. The molecule has 0 saturated heterocycles. The van der Waals surface area contributed by atoms with Gasteiger partial charge in [-0.1, -0.05) is 41.4 Å². The van der Waals surface area contributed by atoms with Crippen molar-refractivity contribution < 1.29 is 23.9 Å². The summed E-state index contributed by atoms with van der Waals surface area (Å²) in [6.45, 7) is 0.659. The number of nitrogens with two attached hydrogens (primary N) is 1. The number of primary amides is 1. The molecular formula is C21H20Cl2N2O5. The van der Waals surface area contributed by atoms with E-state index in [2.05, 4.69) is 4.74 Å². The van der Waals surface area contributed by atoms with E-state index < -0.39 is 17.8 Å². The van der Waals surface area contributed by atoms with E-state index in [9.17, 15) is 14.4 Å². The lowest BCUT2D eigenvalue weighted by Gasteiger charge is -2.18. The molecule has 2 N–H and O–H groups in total. The van der Waals surface area contributed by atoms with Crippen LogP contribution in [-0.4, -0.2) is 36.3 Å². The van der Waals surface area contributed by atoms with E-state index in [1.807, 2.05) is 6.07 Å². The first kappa shape index (κ1) is 21.9. The van der Waals surface area contributed by atoms with Crippen molar-refractivity contribution in [2.45, 2.75) is 19.6 Å². The van der Waals surface area contributed by atoms with Gasteiger partial charge in [0.25, 0.3) is 5.91 Å². The van der Waals surface area contributed by atoms with Gasteiger partial charge in [-0.25, -0.2) is 0 Å². The second kappa shape index (κ2) is 9.36. The second-order valence-electron chi connectivity index (χ2n) is 6.78. The van der Waals surface area contributed by atoms with Gasteiger partial charge in [0.15, 0.2) is 0 Å². The molecule has 7 nitrogen and oxygen atoms in total. The van der Waals surface area contributed by atoms with E-state index in [0.717, 1.165) is 11.1 Å². The molecule has 30 heavy (non-hydrogen) atoms. The normalized spacial score (nSPS) is 13.7. The van der Waals surface area contributed by atoms with Crippen LogP contribution in [0.2, 0.25) is 10.0 Å². The third-order valence-corrected chi connectivity index (χ3v) is 5.79. The second-order valence-corrected chi connectivity index (χ2v) is 7.56. The summed E-state index contributed by atoms with van der Waals surface area (Å²) in [5, 5.41) is 0.858. The summed E-state index contributed by atoms with van der Waals surface area (Å²) in [5.74, 6) is -2.25. The fraction of sp³-hybridized carbons (Fsp3) is 0.286. The summed E-state index contributed by atoms with van der Waals surface area (Å²) in [5.41, 5.74) is 7.25. The molecule has 1 atom stereocenters. The van der Waals surface area contributed by atoms with Gasteiger partial charge in [-0.05, 0) is 24.6 Å². The molecule has 2 aromatic rings. The molecule has 2 amide bonds. The van der Waals surface area contributed by atoms with Crippen molar-refractivity contribution >= 4 is 41.0 Å². The molecule has 158 valence electrons. The molecule has 1 unspecified atom stereocenters. The highest BCUT2D eigenvalue weighted by Crippen LogP contribution is 2.33. The van der Waals surface area contributed by atoms with Crippen LogP contribution in [0.4, 0.5) is 0 Å². The average molecular weight is 451 g/mol. The fourth-order valence-electron chi connectivity index (χ4n) is 3.30. The number of halogens is 2. The van der Waals surface area contributed by atoms with E-state index in [4.69, 9.17) is 33.7 Å². The van der Waals surface area contributed by atoms with Crippen LogP contribution < -0.4 is 10.5 Å². The van der Waals surface area contributed by atoms with E-state index >= 15 is 0 Å². The molecule has 3 rings (SSSR count). The molecule has 0 fully saturated rings. The third-order valence-electron chi connectivity index (χ3n) is 4.93. The largest absolute Gasteiger partial charge is 0.488 e. The molecule has 0 aliphatic carbocycles. The molecule has 1 aliphatic rings. The lowest BCUT2D eigenvalue weighted by atomic mass is 10.1. The van der Waals surface area contributed by atoms with Gasteiger partial charge < -0.3 is 20.1 Å². The fourth-order valence-corrected chi connectivity index (χ4v) is 3.67. The Morgan fingerprint density at radius 3 is 2.63 bits per heavy atom. The maximum absolute atomic E-state index is 12.7. The number of ether oxygens (including phenoxy) is 2. The zero-order valence-electron chi connectivity index (χ0n) is 16.2. The number of hydrogen-bond donors (Lipinski definition) is 1. The van der Waals surface area contributed by atoms with Crippen molar-refractivity contribution in [2.75, 3.05) is 13.7 Å². The lowest BCUT2D eigenvalue weighted by molar-refractivity contribution is -0.149. The highest BCUT2D eigenvalue weighted by molar-refractivity contribution is 6.42. The van der Waals surface area contributed by atoms with Crippen molar-refractivity contribution in [3.63, 3.8) is 0 Å². The highest BCUT2D eigenvalue weighted by Gasteiger charge is 2.32. The topological polar surface area (TPSA) is 98.9 Å². The number of carbonyl (C=O) groups is 3. The first-order valence-corrected chi connectivity index (χ1v) is 9.93. The van der Waals surface area contributed by atoms with Gasteiger partial charge in [0.05, 0.1) is 23.7 Å². The van der Waals surface area contributed by atoms with E-state index in [-0.39, 0.29) is 25.5 Å². The quantitative estimate of drug-likeness (QED) is 0.491. The summed E-state index contributed by atoms with van der Waals surface area (Å²) in [6.07, 6.45) is 0.0794. The molecular weight excluding hydrogens is 431 g/mol. The Hall–Kier alpha value is -2.77. The molecule has 0 spiro atoms. The number of nitrogens with zero attached hydrogens (tertiary/aromatic N) is 1. The number of rotatable bonds is 8. The van der Waals surface area contributed by atoms with Crippen LogP contribution in [0.5, 0.6) is 5.75 Å². The zero-order chi connectivity index (χ0) is 21.8. The van der Waals surface area contributed by atoms with Gasteiger partial charge >= 0.3 is 5.97 Å². The first-order valence-electron chi connectivity index (χ1n) is 9.17. The SMILES string of the molecule is COC(=O)C(CCN1Cc2c(OCc3cccc(Cl)c3Cl)cccc2C1=O)C(N)=O. The third kappa shape index (κ3) is 4.52. The predicted molar refractivity (Wildman–Crippen MR) is 111 cm³/mol. The lowest BCUT2D eigenvalue weighted by Crippen LogP contribution is -2.35. The summed E-state index contributed by atoms with van der Waals surface area (Å²) >= 11 is 12.2. The maximum atomic E-state index is 12.7.